The van der Waals surface area contributed by atoms with E-state index in [0.717, 1.165) is 18.5 Å². The Kier molecular flexibility index (Phi) is 7.41. The van der Waals surface area contributed by atoms with Crippen LogP contribution >= 0.6 is 0 Å². The van der Waals surface area contributed by atoms with Crippen LogP contribution in [0.2, 0.25) is 0 Å². The van der Waals surface area contributed by atoms with Gasteiger partial charge in [0.15, 0.2) is 0 Å². The molecule has 5 nitrogen and oxygen atoms in total. The van der Waals surface area contributed by atoms with Gasteiger partial charge in [0.2, 0.25) is 5.91 Å². The minimum Gasteiger partial charge on any atom is -0.396 e. The summed E-state index contributed by atoms with van der Waals surface area (Å²) >= 11 is 0. The maximum Gasteiger partial charge on any atom is 0.239 e. The molecule has 0 unspecified atom stereocenters. The predicted octanol–water partition coefficient (Wildman–Crippen LogP) is 2.28. The van der Waals surface area contributed by atoms with E-state index in [1.165, 1.54) is 0 Å². The van der Waals surface area contributed by atoms with E-state index in [1.807, 2.05) is 0 Å². The number of amides is 1. The van der Waals surface area contributed by atoms with Gasteiger partial charge >= 0.3 is 0 Å². The molecule has 0 spiro atoms. The van der Waals surface area contributed by atoms with Crippen molar-refractivity contribution in [3.8, 4) is 6.07 Å². The molecule has 0 fully saturated rings. The summed E-state index contributed by atoms with van der Waals surface area (Å²) in [5.41, 5.74) is 1.37. The van der Waals surface area contributed by atoms with Crippen molar-refractivity contribution in [3.05, 3.63) is 29.8 Å². The molecule has 0 saturated carbocycles. The second-order valence-electron chi connectivity index (χ2n) is 5.50. The van der Waals surface area contributed by atoms with Crippen LogP contribution in [0.15, 0.2) is 24.3 Å². The van der Waals surface area contributed by atoms with Gasteiger partial charge in [-0.15, -0.1) is 0 Å². The second kappa shape index (κ2) is 9.06. The maximum atomic E-state index is 11.9. The number of hydrogen-bond acceptors (Lipinski definition) is 4. The van der Waals surface area contributed by atoms with Gasteiger partial charge in [-0.3, -0.25) is 4.79 Å². The van der Waals surface area contributed by atoms with Crippen LogP contribution in [0, 0.1) is 16.7 Å². The van der Waals surface area contributed by atoms with Crippen molar-refractivity contribution in [3.63, 3.8) is 0 Å². The van der Waals surface area contributed by atoms with Crippen molar-refractivity contribution in [1.82, 2.24) is 5.32 Å². The molecule has 3 N–H and O–H groups in total. The number of aliphatic hydroxyl groups excluding tert-OH is 1. The van der Waals surface area contributed by atoms with E-state index < -0.39 is 0 Å². The van der Waals surface area contributed by atoms with E-state index in [1.54, 1.807) is 24.3 Å². The highest BCUT2D eigenvalue weighted by molar-refractivity contribution is 5.80. The number of hydrogen-bond donors (Lipinski definition) is 3. The van der Waals surface area contributed by atoms with Crippen LogP contribution in [-0.4, -0.2) is 30.7 Å². The Morgan fingerprint density at radius 3 is 2.41 bits per heavy atom. The number of rotatable bonds is 9. The molecule has 1 amide bonds. The highest BCUT2D eigenvalue weighted by atomic mass is 16.3. The van der Waals surface area contributed by atoms with Gasteiger partial charge in [-0.1, -0.05) is 13.8 Å². The summed E-state index contributed by atoms with van der Waals surface area (Å²) < 4.78 is 0. The Balaban J connectivity index is 2.43. The van der Waals surface area contributed by atoms with E-state index in [2.05, 4.69) is 30.6 Å². The zero-order chi connectivity index (χ0) is 16.4. The largest absolute Gasteiger partial charge is 0.396 e. The Labute approximate surface area is 132 Å². The number of benzene rings is 1. The first-order chi connectivity index (χ1) is 10.6. The number of nitriles is 1. The molecule has 1 aromatic rings. The van der Waals surface area contributed by atoms with Crippen molar-refractivity contribution in [2.24, 2.45) is 5.41 Å². The van der Waals surface area contributed by atoms with Crippen LogP contribution in [0.3, 0.4) is 0 Å². The first-order valence-corrected chi connectivity index (χ1v) is 7.70. The van der Waals surface area contributed by atoms with E-state index >= 15 is 0 Å². The Morgan fingerprint density at radius 2 is 1.91 bits per heavy atom. The molecule has 1 aromatic carbocycles. The van der Waals surface area contributed by atoms with Gasteiger partial charge in [0, 0.05) is 18.8 Å². The summed E-state index contributed by atoms with van der Waals surface area (Å²) in [5.74, 6) is -0.0754. The molecule has 0 atom stereocenters. The third kappa shape index (κ3) is 5.38. The summed E-state index contributed by atoms with van der Waals surface area (Å²) in [6.07, 6.45) is 2.55. The van der Waals surface area contributed by atoms with E-state index in [0.29, 0.717) is 18.5 Å². The highest BCUT2D eigenvalue weighted by Gasteiger charge is 2.25. The summed E-state index contributed by atoms with van der Waals surface area (Å²) in [4.78, 5) is 11.9. The van der Waals surface area contributed by atoms with E-state index in [4.69, 9.17) is 5.26 Å². The minimum atomic E-state index is -0.0754. The number of aliphatic hydroxyl groups is 1. The van der Waals surface area contributed by atoms with Gasteiger partial charge in [0.05, 0.1) is 18.2 Å². The lowest BCUT2D eigenvalue weighted by Gasteiger charge is -2.31. The lowest BCUT2D eigenvalue weighted by Crippen LogP contribution is -2.40. The number of carbonyl (C=O) groups excluding carboxylic acids is 1. The molecule has 0 saturated heterocycles. The normalized spacial score (nSPS) is 10.8. The van der Waals surface area contributed by atoms with Gasteiger partial charge in [0.1, 0.15) is 0 Å². The van der Waals surface area contributed by atoms with Gasteiger partial charge in [-0.05, 0) is 48.9 Å². The fourth-order valence-corrected chi connectivity index (χ4v) is 2.37. The van der Waals surface area contributed by atoms with Crippen molar-refractivity contribution in [2.45, 2.75) is 33.1 Å². The van der Waals surface area contributed by atoms with Crippen LogP contribution < -0.4 is 10.6 Å². The molecule has 0 aliphatic carbocycles. The molecule has 0 radical (unpaired) electrons. The third-order valence-corrected chi connectivity index (χ3v) is 4.27. The predicted molar refractivity (Wildman–Crippen MR) is 87.4 cm³/mol. The minimum absolute atomic E-state index is 0.0289. The van der Waals surface area contributed by atoms with Crippen LogP contribution in [0.4, 0.5) is 5.69 Å². The molecular weight excluding hydrogens is 278 g/mol. The first kappa shape index (κ1) is 18.0. The van der Waals surface area contributed by atoms with Crippen molar-refractivity contribution >= 4 is 11.6 Å². The van der Waals surface area contributed by atoms with E-state index in [-0.39, 0.29) is 24.5 Å². The van der Waals surface area contributed by atoms with Crippen LogP contribution in [0.25, 0.3) is 0 Å². The van der Waals surface area contributed by atoms with Crippen molar-refractivity contribution in [2.75, 3.05) is 25.0 Å². The van der Waals surface area contributed by atoms with Gasteiger partial charge in [-0.2, -0.15) is 5.26 Å². The van der Waals surface area contributed by atoms with Gasteiger partial charge in [-0.25, -0.2) is 0 Å². The second-order valence-corrected chi connectivity index (χ2v) is 5.50. The van der Waals surface area contributed by atoms with Crippen LogP contribution in [0.1, 0.15) is 38.7 Å². The number of nitrogens with zero attached hydrogens (tertiary/aromatic N) is 1. The fourth-order valence-electron chi connectivity index (χ4n) is 2.37. The summed E-state index contributed by atoms with van der Waals surface area (Å²) in [6, 6.07) is 9.03. The lowest BCUT2D eigenvalue weighted by molar-refractivity contribution is -0.120. The summed E-state index contributed by atoms with van der Waals surface area (Å²) in [5, 5.41) is 23.9. The summed E-state index contributed by atoms with van der Waals surface area (Å²) in [7, 11) is 0. The summed E-state index contributed by atoms with van der Waals surface area (Å²) in [6.45, 7) is 5.07. The van der Waals surface area contributed by atoms with Crippen LogP contribution in [0.5, 0.6) is 0 Å². The average Bonchev–Trinajstić information content (AvgIpc) is 2.57. The van der Waals surface area contributed by atoms with Gasteiger partial charge < -0.3 is 15.7 Å². The highest BCUT2D eigenvalue weighted by Crippen LogP contribution is 2.29. The molecular formula is C17H25N3O2. The number of anilines is 1. The standard InChI is InChI=1S/C17H25N3O2/c1-3-17(4-2,9-10-21)13-20-16(22)12-19-15-7-5-14(11-18)6-8-15/h5-8,19,21H,3-4,9-10,12-13H2,1-2H3,(H,20,22). The SMILES string of the molecule is CCC(CC)(CCO)CNC(=O)CNc1ccc(C#N)cc1. The molecule has 120 valence electrons. The smallest absolute Gasteiger partial charge is 0.239 e. The van der Waals surface area contributed by atoms with Crippen molar-refractivity contribution < 1.29 is 9.90 Å². The average molecular weight is 303 g/mol. The topological polar surface area (TPSA) is 85.2 Å². The Bertz CT molecular complexity index is 502. The molecule has 0 bridgehead atoms. The first-order valence-electron chi connectivity index (χ1n) is 7.70. The van der Waals surface area contributed by atoms with E-state index in [9.17, 15) is 9.90 Å². The molecule has 0 heterocycles. The molecule has 0 aliphatic heterocycles. The molecule has 0 aliphatic rings. The quantitative estimate of drug-likeness (QED) is 0.653. The molecule has 22 heavy (non-hydrogen) atoms. The molecule has 5 heteroatoms. The maximum absolute atomic E-state index is 11.9. The third-order valence-electron chi connectivity index (χ3n) is 4.27. The van der Waals surface area contributed by atoms with Crippen LogP contribution in [-0.2, 0) is 4.79 Å². The molecule has 0 aromatic heterocycles. The fraction of sp³-hybridized carbons (Fsp3) is 0.529. The van der Waals surface area contributed by atoms with Crippen molar-refractivity contribution in [1.29, 1.82) is 5.26 Å². The monoisotopic (exact) mass is 303 g/mol. The van der Waals surface area contributed by atoms with Gasteiger partial charge in [0.25, 0.3) is 0 Å². The number of carbonyl (C=O) groups is 1. The number of nitrogens with one attached hydrogen (secondary N) is 2. The Hall–Kier alpha value is -2.06. The Morgan fingerprint density at radius 1 is 1.27 bits per heavy atom. The zero-order valence-electron chi connectivity index (χ0n) is 13.4. The molecule has 1 rings (SSSR count). The lowest BCUT2D eigenvalue weighted by atomic mass is 9.79. The zero-order valence-corrected chi connectivity index (χ0v) is 13.4.